The number of allylic oxidation sites excluding steroid dienone is 2. The van der Waals surface area contributed by atoms with Gasteiger partial charge in [-0.1, -0.05) is 44.3 Å². The van der Waals surface area contributed by atoms with Gasteiger partial charge in [0.05, 0.1) is 5.71 Å². The van der Waals surface area contributed by atoms with E-state index in [2.05, 4.69) is 35.7 Å². The van der Waals surface area contributed by atoms with Gasteiger partial charge in [0.25, 0.3) is 5.91 Å². The van der Waals surface area contributed by atoms with Gasteiger partial charge < -0.3 is 20.6 Å². The molecule has 0 unspecified atom stereocenters. The number of oxime groups is 1. The predicted octanol–water partition coefficient (Wildman–Crippen LogP) is 4.79. The Bertz CT molecular complexity index is 1100. The van der Waals surface area contributed by atoms with E-state index in [0.29, 0.717) is 36.4 Å². The smallest absolute Gasteiger partial charge is 0.326 e. The molecule has 228 valence electrons. The first-order chi connectivity index (χ1) is 19.4. The molecule has 3 N–H and O–H groups in total. The second-order valence-corrected chi connectivity index (χ2v) is 13.5. The van der Waals surface area contributed by atoms with Crippen molar-refractivity contribution in [2.45, 2.75) is 117 Å². The van der Waals surface area contributed by atoms with Crippen molar-refractivity contribution in [1.82, 2.24) is 10.6 Å². The first kappa shape index (κ1) is 31.2. The molecule has 9 heteroatoms. The number of nitrogens with zero attached hydrogens (tertiary/aromatic N) is 1. The Hall–Kier alpha value is -2.71. The number of fused-ring (bicyclic) bond motifs is 5. The van der Waals surface area contributed by atoms with Crippen LogP contribution >= 0.6 is 0 Å². The Balaban J connectivity index is 1.30. The number of carbonyl (C=O) groups excluding carboxylic acids is 3. The van der Waals surface area contributed by atoms with Crippen molar-refractivity contribution in [3.8, 4) is 0 Å². The summed E-state index contributed by atoms with van der Waals surface area (Å²) in [5.41, 5.74) is 2.57. The topological polar surface area (TPSA) is 134 Å². The molecule has 3 saturated carbocycles. The Morgan fingerprint density at radius 3 is 2.51 bits per heavy atom. The van der Waals surface area contributed by atoms with Gasteiger partial charge in [0.1, 0.15) is 17.9 Å². The maximum Gasteiger partial charge on any atom is 0.326 e. The molecule has 4 rings (SSSR count). The van der Waals surface area contributed by atoms with Crippen molar-refractivity contribution in [1.29, 1.82) is 0 Å². The molecule has 0 aliphatic heterocycles. The fourth-order valence-electron chi connectivity index (χ4n) is 8.80. The summed E-state index contributed by atoms with van der Waals surface area (Å²) < 4.78 is 0. The minimum atomic E-state index is -1.09. The number of carbonyl (C=O) groups is 4. The lowest BCUT2D eigenvalue weighted by Gasteiger charge is -2.58. The lowest BCUT2D eigenvalue weighted by atomic mass is 9.46. The number of ketones is 1. The van der Waals surface area contributed by atoms with E-state index in [4.69, 9.17) is 4.84 Å². The zero-order valence-corrected chi connectivity index (χ0v) is 25.5. The summed E-state index contributed by atoms with van der Waals surface area (Å²) in [5, 5.41) is 18.6. The van der Waals surface area contributed by atoms with Gasteiger partial charge in [-0.05, 0) is 106 Å². The summed E-state index contributed by atoms with van der Waals surface area (Å²) in [7, 11) is 0. The van der Waals surface area contributed by atoms with E-state index in [-0.39, 0.29) is 23.4 Å². The zero-order chi connectivity index (χ0) is 29.9. The van der Waals surface area contributed by atoms with Crippen molar-refractivity contribution < 1.29 is 29.1 Å². The van der Waals surface area contributed by atoms with Crippen LogP contribution in [-0.2, 0) is 24.0 Å². The van der Waals surface area contributed by atoms with Gasteiger partial charge >= 0.3 is 5.97 Å². The first-order valence-corrected chi connectivity index (χ1v) is 15.6. The predicted molar refractivity (Wildman–Crippen MR) is 156 cm³/mol. The zero-order valence-electron chi connectivity index (χ0n) is 25.5. The van der Waals surface area contributed by atoms with Crippen LogP contribution < -0.4 is 10.6 Å². The number of unbranched alkanes of at least 4 members (excludes halogenated alkanes) is 1. The summed E-state index contributed by atoms with van der Waals surface area (Å²) in [4.78, 5) is 53.9. The Morgan fingerprint density at radius 1 is 1.07 bits per heavy atom. The van der Waals surface area contributed by atoms with Crippen LogP contribution in [0.3, 0.4) is 0 Å². The SMILES string of the molecule is CCCC[C@H](NC(=O)[C@H](C)NC(=O)CO/N=C1/C=C2CC[C@@H]3[C@@H]4CC[C@@H](C(C)=O)[C@@]4(C)CC[C@@H]3[C@@]2(C)CC1)C(=O)O. The molecule has 4 aliphatic rings. The highest BCUT2D eigenvalue weighted by Crippen LogP contribution is 2.66. The normalized spacial score (nSPS) is 34.8. The Labute approximate surface area is 244 Å². The maximum atomic E-state index is 12.4. The van der Waals surface area contributed by atoms with Crippen LogP contribution in [0.15, 0.2) is 16.8 Å². The fourth-order valence-corrected chi connectivity index (χ4v) is 8.80. The van der Waals surface area contributed by atoms with Crippen molar-refractivity contribution in [3.63, 3.8) is 0 Å². The first-order valence-electron chi connectivity index (χ1n) is 15.6. The molecule has 0 bridgehead atoms. The van der Waals surface area contributed by atoms with E-state index in [1.807, 2.05) is 6.92 Å². The molecule has 0 saturated heterocycles. The van der Waals surface area contributed by atoms with Gasteiger partial charge in [0.2, 0.25) is 5.91 Å². The number of rotatable bonds is 11. The van der Waals surface area contributed by atoms with Crippen LogP contribution in [0.2, 0.25) is 0 Å². The van der Waals surface area contributed by atoms with Crippen LogP contribution in [0.5, 0.6) is 0 Å². The third-order valence-corrected chi connectivity index (χ3v) is 11.1. The number of carboxylic acid groups (broad SMARTS) is 1. The van der Waals surface area contributed by atoms with Crippen molar-refractivity contribution >= 4 is 29.3 Å². The summed E-state index contributed by atoms with van der Waals surface area (Å²) in [6.45, 7) is 9.73. The Morgan fingerprint density at radius 2 is 1.83 bits per heavy atom. The largest absolute Gasteiger partial charge is 0.480 e. The highest BCUT2D eigenvalue weighted by atomic mass is 16.6. The standard InChI is InChI=1S/C32H49N3O6/c1-6-7-8-27(30(39)40)34-29(38)19(2)33-28(37)18-41-35-22-13-15-31(4)21(17-22)9-10-23-25-12-11-24(20(3)36)32(25,5)16-14-26(23)31/h17,19,23-27H,6-16,18H2,1-5H3,(H,33,37)(H,34,38)(H,39,40)/b35-22+/t19-,23+,24-,25-,26-,27-,31-,32+/m0/s1. The quantitative estimate of drug-likeness (QED) is 0.305. The monoisotopic (exact) mass is 571 g/mol. The van der Waals surface area contributed by atoms with E-state index in [1.165, 1.54) is 25.3 Å². The number of carboxylic acids is 1. The number of hydrogen-bond acceptors (Lipinski definition) is 6. The van der Waals surface area contributed by atoms with Crippen molar-refractivity contribution in [3.05, 3.63) is 11.6 Å². The average molecular weight is 572 g/mol. The number of nitrogens with one attached hydrogen (secondary N) is 2. The third kappa shape index (κ3) is 6.38. The molecule has 4 aliphatic carbocycles. The number of amides is 2. The molecule has 0 spiro atoms. The number of Topliss-reactive ketones (excluding diaryl/α,β-unsaturated/α-hetero) is 1. The van der Waals surface area contributed by atoms with E-state index in [1.54, 1.807) is 6.92 Å². The van der Waals surface area contributed by atoms with Crippen LogP contribution in [-0.4, -0.2) is 53.1 Å². The van der Waals surface area contributed by atoms with E-state index in [0.717, 1.165) is 50.7 Å². The second-order valence-electron chi connectivity index (χ2n) is 13.5. The van der Waals surface area contributed by atoms with Gasteiger partial charge in [-0.15, -0.1) is 0 Å². The van der Waals surface area contributed by atoms with Crippen LogP contribution in [0.4, 0.5) is 0 Å². The summed E-state index contributed by atoms with van der Waals surface area (Å²) in [6.07, 6.45) is 12.6. The van der Waals surface area contributed by atoms with Gasteiger partial charge in [-0.3, -0.25) is 14.4 Å². The van der Waals surface area contributed by atoms with Gasteiger partial charge in [0, 0.05) is 5.92 Å². The minimum Gasteiger partial charge on any atom is -0.480 e. The average Bonchev–Trinajstić information content (AvgIpc) is 3.28. The van der Waals surface area contributed by atoms with E-state index in [9.17, 15) is 24.3 Å². The van der Waals surface area contributed by atoms with E-state index >= 15 is 0 Å². The van der Waals surface area contributed by atoms with Crippen molar-refractivity contribution in [2.24, 2.45) is 39.7 Å². The highest BCUT2D eigenvalue weighted by Gasteiger charge is 2.59. The van der Waals surface area contributed by atoms with Crippen LogP contribution in [0.1, 0.15) is 105 Å². The summed E-state index contributed by atoms with van der Waals surface area (Å²) in [5.74, 6) is 0.427. The molecular weight excluding hydrogens is 522 g/mol. The Kier molecular flexibility index (Phi) is 9.64. The lowest BCUT2D eigenvalue weighted by molar-refractivity contribution is -0.142. The molecule has 0 aromatic carbocycles. The van der Waals surface area contributed by atoms with Gasteiger partial charge in [0.15, 0.2) is 6.61 Å². The molecule has 0 heterocycles. The molecular formula is C32H49N3O6. The molecule has 0 radical (unpaired) electrons. The maximum absolute atomic E-state index is 12.4. The molecule has 9 nitrogen and oxygen atoms in total. The third-order valence-electron chi connectivity index (χ3n) is 11.1. The molecule has 3 fully saturated rings. The van der Waals surface area contributed by atoms with Crippen LogP contribution in [0.25, 0.3) is 0 Å². The molecule has 8 atom stereocenters. The molecule has 2 amide bonds. The lowest BCUT2D eigenvalue weighted by Crippen LogP contribution is -2.51. The minimum absolute atomic E-state index is 0.142. The fraction of sp³-hybridized carbons (Fsp3) is 0.781. The van der Waals surface area contributed by atoms with Gasteiger partial charge in [-0.25, -0.2) is 4.79 Å². The molecule has 0 aromatic heterocycles. The van der Waals surface area contributed by atoms with Crippen molar-refractivity contribution in [2.75, 3.05) is 6.61 Å². The number of hydrogen-bond donors (Lipinski definition) is 3. The molecule has 41 heavy (non-hydrogen) atoms. The number of aliphatic carboxylic acids is 1. The summed E-state index contributed by atoms with van der Waals surface area (Å²) >= 11 is 0. The van der Waals surface area contributed by atoms with E-state index < -0.39 is 29.9 Å². The summed E-state index contributed by atoms with van der Waals surface area (Å²) in [6, 6.07) is -1.86. The highest BCUT2D eigenvalue weighted by molar-refractivity contribution is 5.96. The second kappa shape index (κ2) is 12.7. The van der Waals surface area contributed by atoms with Gasteiger partial charge in [-0.2, -0.15) is 0 Å². The molecule has 0 aromatic rings. The van der Waals surface area contributed by atoms with Crippen LogP contribution in [0, 0.1) is 34.5 Å².